The Morgan fingerprint density at radius 2 is 2.23 bits per heavy atom. The number of aromatic carboxylic acids is 1. The zero-order valence-corrected chi connectivity index (χ0v) is 13.4. The minimum atomic E-state index is -4.76. The molecule has 1 aromatic carbocycles. The second-order valence-electron chi connectivity index (χ2n) is 5.65. The lowest BCUT2D eigenvalue weighted by atomic mass is 10.1. The zero-order chi connectivity index (χ0) is 18.7. The predicted octanol–water partition coefficient (Wildman–Crippen LogP) is 2.84. The van der Waals surface area contributed by atoms with E-state index in [-0.39, 0.29) is 23.9 Å². The van der Waals surface area contributed by atoms with E-state index < -0.39 is 18.4 Å². The molecule has 140 valence electrons. The fourth-order valence-corrected chi connectivity index (χ4v) is 2.63. The summed E-state index contributed by atoms with van der Waals surface area (Å²) in [7, 11) is 0. The number of carbonyl (C=O) groups is 1. The molecule has 0 amide bonds. The van der Waals surface area contributed by atoms with Gasteiger partial charge in [-0.1, -0.05) is 12.1 Å². The van der Waals surface area contributed by atoms with Gasteiger partial charge in [-0.05, 0) is 17.7 Å². The summed E-state index contributed by atoms with van der Waals surface area (Å²) in [4.78, 5) is 16.6. The van der Waals surface area contributed by atoms with Crippen LogP contribution in [-0.2, 0) is 11.3 Å². The van der Waals surface area contributed by atoms with Gasteiger partial charge in [0.1, 0.15) is 12.0 Å². The number of alkyl halides is 3. The standard InChI is InChI=1S/C16H15F3N2O5/c17-16(18,19)26-11-3-1-2-10(6-11)13-7-21(4-5-24-13)8-14-20-12(9-25-14)15(22)23/h1-3,6,9,13H,4-5,7-8H2,(H,22,23). The van der Waals surface area contributed by atoms with Gasteiger partial charge in [0.2, 0.25) is 5.89 Å². The molecule has 0 radical (unpaired) electrons. The molecule has 0 aliphatic carbocycles. The van der Waals surface area contributed by atoms with E-state index in [0.29, 0.717) is 25.3 Å². The van der Waals surface area contributed by atoms with Crippen LogP contribution in [0.2, 0.25) is 0 Å². The summed E-state index contributed by atoms with van der Waals surface area (Å²) >= 11 is 0. The second-order valence-corrected chi connectivity index (χ2v) is 5.65. The Bertz CT molecular complexity index is 777. The Morgan fingerprint density at radius 1 is 1.42 bits per heavy atom. The summed E-state index contributed by atoms with van der Waals surface area (Å²) < 4.78 is 51.8. The highest BCUT2D eigenvalue weighted by Crippen LogP contribution is 2.29. The number of oxazole rings is 1. The van der Waals surface area contributed by atoms with Crippen molar-refractivity contribution in [1.29, 1.82) is 0 Å². The molecule has 2 aromatic rings. The zero-order valence-electron chi connectivity index (χ0n) is 13.4. The van der Waals surface area contributed by atoms with E-state index in [0.717, 1.165) is 6.26 Å². The van der Waals surface area contributed by atoms with Crippen molar-refractivity contribution in [2.24, 2.45) is 0 Å². The number of hydrogen-bond donors (Lipinski definition) is 1. The highest BCUT2D eigenvalue weighted by atomic mass is 19.4. The first kappa shape index (κ1) is 18.2. The number of morpholine rings is 1. The molecule has 0 spiro atoms. The first-order chi connectivity index (χ1) is 12.3. The van der Waals surface area contributed by atoms with Gasteiger partial charge < -0.3 is 19.0 Å². The number of carboxylic acid groups (broad SMARTS) is 1. The molecule has 1 unspecified atom stereocenters. The van der Waals surface area contributed by atoms with Crippen molar-refractivity contribution >= 4 is 5.97 Å². The quantitative estimate of drug-likeness (QED) is 0.864. The summed E-state index contributed by atoms with van der Waals surface area (Å²) in [5.41, 5.74) is 0.372. The molecule has 26 heavy (non-hydrogen) atoms. The van der Waals surface area contributed by atoms with Gasteiger partial charge in [-0.15, -0.1) is 13.2 Å². The van der Waals surface area contributed by atoms with Crippen LogP contribution in [0.1, 0.15) is 28.0 Å². The topological polar surface area (TPSA) is 85.0 Å². The van der Waals surface area contributed by atoms with Gasteiger partial charge in [-0.3, -0.25) is 4.90 Å². The number of carboxylic acids is 1. The number of ether oxygens (including phenoxy) is 2. The maximum absolute atomic E-state index is 12.4. The predicted molar refractivity (Wildman–Crippen MR) is 80.6 cm³/mol. The van der Waals surface area contributed by atoms with Gasteiger partial charge in [-0.25, -0.2) is 9.78 Å². The Kier molecular flexibility index (Phi) is 5.14. The summed E-state index contributed by atoms with van der Waals surface area (Å²) in [5, 5.41) is 8.85. The summed E-state index contributed by atoms with van der Waals surface area (Å²) in [6, 6.07) is 5.63. The molecule has 10 heteroatoms. The van der Waals surface area contributed by atoms with Crippen LogP contribution in [-0.4, -0.2) is 47.0 Å². The lowest BCUT2D eigenvalue weighted by molar-refractivity contribution is -0.274. The van der Waals surface area contributed by atoms with Crippen LogP contribution in [0, 0.1) is 0 Å². The van der Waals surface area contributed by atoms with Crippen molar-refractivity contribution in [3.63, 3.8) is 0 Å². The molecule has 1 aliphatic heterocycles. The maximum atomic E-state index is 12.4. The molecule has 1 aliphatic rings. The van der Waals surface area contributed by atoms with Crippen molar-refractivity contribution < 1.29 is 37.0 Å². The molecule has 1 N–H and O–H groups in total. The molecule has 7 nitrogen and oxygen atoms in total. The Morgan fingerprint density at radius 3 is 2.92 bits per heavy atom. The highest BCUT2D eigenvalue weighted by molar-refractivity contribution is 5.84. The first-order valence-corrected chi connectivity index (χ1v) is 7.67. The third kappa shape index (κ3) is 4.73. The van der Waals surface area contributed by atoms with Crippen LogP contribution < -0.4 is 4.74 Å². The molecule has 3 rings (SSSR count). The second kappa shape index (κ2) is 7.34. The van der Waals surface area contributed by atoms with Crippen molar-refractivity contribution in [1.82, 2.24) is 9.88 Å². The lowest BCUT2D eigenvalue weighted by Crippen LogP contribution is -2.37. The fraction of sp³-hybridized carbons (Fsp3) is 0.375. The van der Waals surface area contributed by atoms with Gasteiger partial charge in [0.25, 0.3) is 0 Å². The van der Waals surface area contributed by atoms with Crippen LogP contribution in [0.4, 0.5) is 13.2 Å². The number of halogens is 3. The van der Waals surface area contributed by atoms with Crippen LogP contribution in [0.3, 0.4) is 0 Å². The normalized spacial score (nSPS) is 18.7. The van der Waals surface area contributed by atoms with E-state index in [9.17, 15) is 18.0 Å². The fourth-order valence-electron chi connectivity index (χ4n) is 2.63. The Hall–Kier alpha value is -2.59. The van der Waals surface area contributed by atoms with Crippen molar-refractivity contribution in [3.8, 4) is 5.75 Å². The molecular formula is C16H15F3N2O5. The SMILES string of the molecule is O=C(O)c1coc(CN2CCOC(c3cccc(OC(F)(F)F)c3)C2)n1. The Labute approximate surface area is 145 Å². The van der Waals surface area contributed by atoms with Crippen LogP contribution >= 0.6 is 0 Å². The minimum absolute atomic E-state index is 0.179. The smallest absolute Gasteiger partial charge is 0.476 e. The van der Waals surface area contributed by atoms with E-state index in [1.165, 1.54) is 18.2 Å². The average molecular weight is 372 g/mol. The van der Waals surface area contributed by atoms with E-state index >= 15 is 0 Å². The summed E-state index contributed by atoms with van der Waals surface area (Å²) in [6.45, 7) is 1.58. The third-order valence-corrected chi connectivity index (χ3v) is 3.74. The Balaban J connectivity index is 1.66. The number of nitrogens with zero attached hydrogens (tertiary/aromatic N) is 2. The van der Waals surface area contributed by atoms with Gasteiger partial charge >= 0.3 is 12.3 Å². The number of aromatic nitrogens is 1. The summed E-state index contributed by atoms with van der Waals surface area (Å²) in [6.07, 6.45) is -4.15. The lowest BCUT2D eigenvalue weighted by Gasteiger charge is -2.32. The molecule has 1 fully saturated rings. The third-order valence-electron chi connectivity index (χ3n) is 3.74. The van der Waals surface area contributed by atoms with Gasteiger partial charge in [0.15, 0.2) is 5.69 Å². The van der Waals surface area contributed by atoms with E-state index in [2.05, 4.69) is 9.72 Å². The van der Waals surface area contributed by atoms with Crippen LogP contribution in [0.15, 0.2) is 34.9 Å². The highest BCUT2D eigenvalue weighted by Gasteiger charge is 2.31. The molecule has 1 aromatic heterocycles. The van der Waals surface area contributed by atoms with Crippen molar-refractivity contribution in [2.75, 3.05) is 19.7 Å². The number of hydrogen-bond acceptors (Lipinski definition) is 6. The van der Waals surface area contributed by atoms with Crippen molar-refractivity contribution in [3.05, 3.63) is 47.7 Å². The molecule has 0 saturated carbocycles. The van der Waals surface area contributed by atoms with Gasteiger partial charge in [0.05, 0.1) is 19.3 Å². The van der Waals surface area contributed by atoms with Gasteiger partial charge in [0, 0.05) is 13.1 Å². The molecule has 1 saturated heterocycles. The van der Waals surface area contributed by atoms with E-state index in [1.807, 2.05) is 4.90 Å². The first-order valence-electron chi connectivity index (χ1n) is 7.67. The molecule has 0 bridgehead atoms. The molecule has 1 atom stereocenters. The largest absolute Gasteiger partial charge is 0.573 e. The van der Waals surface area contributed by atoms with Crippen molar-refractivity contribution in [2.45, 2.75) is 19.0 Å². The molecule has 2 heterocycles. The minimum Gasteiger partial charge on any atom is -0.476 e. The number of benzene rings is 1. The van der Waals surface area contributed by atoms with Gasteiger partial charge in [-0.2, -0.15) is 0 Å². The molecular weight excluding hydrogens is 357 g/mol. The van der Waals surface area contributed by atoms with Crippen LogP contribution in [0.5, 0.6) is 5.75 Å². The summed E-state index contributed by atoms with van der Waals surface area (Å²) in [5.74, 6) is -1.24. The number of rotatable bonds is 5. The van der Waals surface area contributed by atoms with E-state index in [4.69, 9.17) is 14.3 Å². The average Bonchev–Trinajstić information content (AvgIpc) is 3.02. The van der Waals surface area contributed by atoms with E-state index in [1.54, 1.807) is 6.07 Å². The maximum Gasteiger partial charge on any atom is 0.573 e. The monoisotopic (exact) mass is 372 g/mol. The van der Waals surface area contributed by atoms with Crippen LogP contribution in [0.25, 0.3) is 0 Å².